The van der Waals surface area contributed by atoms with Gasteiger partial charge in [-0.05, 0) is 38.1 Å². The first-order chi connectivity index (χ1) is 14.1. The van der Waals surface area contributed by atoms with Gasteiger partial charge in [-0.1, -0.05) is 6.07 Å². The third-order valence-electron chi connectivity index (χ3n) is 5.97. The highest BCUT2D eigenvalue weighted by atomic mass is 19.1. The number of pyridine rings is 2. The lowest BCUT2D eigenvalue weighted by atomic mass is 9.90. The molecule has 5 heterocycles. The van der Waals surface area contributed by atoms with Gasteiger partial charge in [0.15, 0.2) is 0 Å². The molecule has 1 amide bonds. The van der Waals surface area contributed by atoms with Crippen molar-refractivity contribution in [3.63, 3.8) is 0 Å². The number of nitrogens with one attached hydrogen (secondary N) is 1. The van der Waals surface area contributed by atoms with Gasteiger partial charge in [0.05, 0.1) is 25.0 Å². The fourth-order valence-electron chi connectivity index (χ4n) is 4.41. The summed E-state index contributed by atoms with van der Waals surface area (Å²) in [5.74, 6) is -0.0662. The molecule has 2 atom stereocenters. The summed E-state index contributed by atoms with van der Waals surface area (Å²) in [6.45, 7) is 1.38. The minimum atomic E-state index is -0.476. The summed E-state index contributed by atoms with van der Waals surface area (Å²) in [5, 5.41) is 3.63. The predicted molar refractivity (Wildman–Crippen MR) is 105 cm³/mol. The van der Waals surface area contributed by atoms with Crippen molar-refractivity contribution in [2.45, 2.75) is 31.0 Å². The van der Waals surface area contributed by atoms with E-state index in [1.165, 1.54) is 6.07 Å². The lowest BCUT2D eigenvalue weighted by Crippen LogP contribution is -2.59. The van der Waals surface area contributed by atoms with E-state index in [9.17, 15) is 9.18 Å². The van der Waals surface area contributed by atoms with Crippen LogP contribution in [0, 0.1) is 5.82 Å². The molecule has 0 aromatic carbocycles. The number of morpholine rings is 1. The lowest BCUT2D eigenvalue weighted by molar-refractivity contribution is -0.0670. The maximum Gasteiger partial charge on any atom is 0.253 e. The summed E-state index contributed by atoms with van der Waals surface area (Å²) in [6.07, 6.45) is 6.19. The molecule has 2 aliphatic heterocycles. The Balaban J connectivity index is 1.47. The molecule has 2 saturated heterocycles. The van der Waals surface area contributed by atoms with Crippen LogP contribution in [0.5, 0.6) is 0 Å². The molecule has 0 spiro atoms. The van der Waals surface area contributed by atoms with E-state index < -0.39 is 5.82 Å². The van der Waals surface area contributed by atoms with Crippen molar-refractivity contribution in [3.05, 3.63) is 54.2 Å². The van der Waals surface area contributed by atoms with Crippen LogP contribution in [0.15, 0.2) is 42.9 Å². The Morgan fingerprint density at radius 3 is 2.76 bits per heavy atom. The van der Waals surface area contributed by atoms with Crippen LogP contribution in [0.4, 0.5) is 4.39 Å². The molecule has 7 nitrogen and oxygen atoms in total. The largest absolute Gasteiger partial charge is 0.378 e. The number of hydrogen-bond acceptors (Lipinski definition) is 5. The van der Waals surface area contributed by atoms with Crippen molar-refractivity contribution in [1.82, 2.24) is 24.8 Å². The lowest BCUT2D eigenvalue weighted by Gasteiger charge is -2.46. The van der Waals surface area contributed by atoms with E-state index in [1.54, 1.807) is 17.0 Å². The smallest absolute Gasteiger partial charge is 0.253 e. The van der Waals surface area contributed by atoms with E-state index >= 15 is 0 Å². The molecule has 2 aliphatic rings. The van der Waals surface area contributed by atoms with E-state index in [0.29, 0.717) is 47.7 Å². The quantitative estimate of drug-likeness (QED) is 0.736. The second-order valence-electron chi connectivity index (χ2n) is 7.78. The zero-order valence-electron chi connectivity index (χ0n) is 16.1. The summed E-state index contributed by atoms with van der Waals surface area (Å²) in [7, 11) is 2.12. The zero-order valence-corrected chi connectivity index (χ0v) is 16.1. The van der Waals surface area contributed by atoms with Gasteiger partial charge in [0.2, 0.25) is 0 Å². The summed E-state index contributed by atoms with van der Waals surface area (Å²) < 4.78 is 21.3. The Hall–Kier alpha value is -2.84. The molecular formula is C21H22FN5O2. The number of nitrogens with zero attached hydrogens (tertiary/aromatic N) is 4. The van der Waals surface area contributed by atoms with Gasteiger partial charge >= 0.3 is 0 Å². The predicted octanol–water partition coefficient (Wildman–Crippen LogP) is 2.15. The number of halogens is 1. The molecule has 0 aliphatic carbocycles. The number of hydrogen-bond donors (Lipinski definition) is 1. The molecule has 3 aromatic heterocycles. The summed E-state index contributed by atoms with van der Waals surface area (Å²) >= 11 is 0. The first-order valence-electron chi connectivity index (χ1n) is 9.78. The number of likely N-dealkylation sites (N-methyl/N-ethyl adjacent to an activating group) is 1. The maximum atomic E-state index is 13.9. The van der Waals surface area contributed by atoms with Gasteiger partial charge in [-0.15, -0.1) is 0 Å². The minimum absolute atomic E-state index is 0.0624. The first-order valence-corrected chi connectivity index (χ1v) is 9.78. The molecule has 5 rings (SSSR count). The van der Waals surface area contributed by atoms with Crippen LogP contribution >= 0.6 is 0 Å². The van der Waals surface area contributed by atoms with Crippen molar-refractivity contribution in [2.24, 2.45) is 0 Å². The SMILES string of the molecule is CN1C2COCC1CC(NC(=O)c1cn(-c3ccccn3)c3ncc(F)cc13)C2. The van der Waals surface area contributed by atoms with E-state index in [4.69, 9.17) is 4.74 Å². The van der Waals surface area contributed by atoms with E-state index in [1.807, 2.05) is 18.2 Å². The number of carbonyl (C=O) groups excluding carboxylic acids is 1. The van der Waals surface area contributed by atoms with Crippen molar-refractivity contribution >= 4 is 16.9 Å². The van der Waals surface area contributed by atoms with Gasteiger partial charge < -0.3 is 10.1 Å². The standard InChI is InChI=1S/C21H22FN5O2/c1-26-15-7-14(8-16(26)12-29-11-15)25-21(28)18-10-27(19-4-2-3-5-23-19)20-17(18)6-13(22)9-24-20/h2-6,9-10,14-16H,7-8,11-12H2,1H3,(H,25,28). The third-order valence-corrected chi connectivity index (χ3v) is 5.97. The normalized spacial score (nSPS) is 24.6. The molecule has 2 unspecified atom stereocenters. The molecule has 2 bridgehead atoms. The molecule has 3 aromatic rings. The van der Waals surface area contributed by atoms with Gasteiger partial charge in [0.25, 0.3) is 5.91 Å². The highest BCUT2D eigenvalue weighted by molar-refractivity contribution is 6.06. The average molecular weight is 395 g/mol. The summed E-state index contributed by atoms with van der Waals surface area (Å²) in [6, 6.07) is 7.53. The molecule has 8 heteroatoms. The number of aromatic nitrogens is 3. The number of amides is 1. The van der Waals surface area contributed by atoms with Crippen LogP contribution in [0.25, 0.3) is 16.9 Å². The van der Waals surface area contributed by atoms with Crippen LogP contribution in [-0.4, -0.2) is 63.7 Å². The Bertz CT molecular complexity index is 1040. The van der Waals surface area contributed by atoms with E-state index in [-0.39, 0.29) is 11.9 Å². The molecule has 150 valence electrons. The Morgan fingerprint density at radius 2 is 2.03 bits per heavy atom. The van der Waals surface area contributed by atoms with Crippen LogP contribution in [0.3, 0.4) is 0 Å². The highest BCUT2D eigenvalue weighted by Crippen LogP contribution is 2.28. The maximum absolute atomic E-state index is 13.9. The van der Waals surface area contributed by atoms with Gasteiger partial charge in [-0.25, -0.2) is 14.4 Å². The second-order valence-corrected chi connectivity index (χ2v) is 7.78. The number of carbonyl (C=O) groups is 1. The van der Waals surface area contributed by atoms with E-state index in [2.05, 4.69) is 27.2 Å². The van der Waals surface area contributed by atoms with Crippen LogP contribution in [-0.2, 0) is 4.74 Å². The van der Waals surface area contributed by atoms with E-state index in [0.717, 1.165) is 19.0 Å². The minimum Gasteiger partial charge on any atom is -0.378 e. The van der Waals surface area contributed by atoms with Crippen molar-refractivity contribution < 1.29 is 13.9 Å². The van der Waals surface area contributed by atoms with Crippen molar-refractivity contribution in [1.29, 1.82) is 0 Å². The molecule has 2 fully saturated rings. The van der Waals surface area contributed by atoms with Gasteiger partial charge in [-0.3, -0.25) is 14.3 Å². The Kier molecular flexibility index (Phi) is 4.52. The third kappa shape index (κ3) is 3.28. The molecule has 0 radical (unpaired) electrons. The fraction of sp³-hybridized carbons (Fsp3) is 0.381. The number of fused-ring (bicyclic) bond motifs is 3. The first kappa shape index (κ1) is 18.2. The van der Waals surface area contributed by atoms with Crippen LogP contribution in [0.1, 0.15) is 23.2 Å². The number of rotatable bonds is 3. The summed E-state index contributed by atoms with van der Waals surface area (Å²) in [5.41, 5.74) is 0.905. The molecular weight excluding hydrogens is 373 g/mol. The van der Waals surface area contributed by atoms with Gasteiger partial charge in [-0.2, -0.15) is 0 Å². The fourth-order valence-corrected chi connectivity index (χ4v) is 4.41. The Labute approximate surface area is 167 Å². The topological polar surface area (TPSA) is 72.3 Å². The van der Waals surface area contributed by atoms with Gasteiger partial charge in [0, 0.05) is 35.9 Å². The van der Waals surface area contributed by atoms with Crippen molar-refractivity contribution in [2.75, 3.05) is 20.3 Å². The molecule has 1 N–H and O–H groups in total. The second kappa shape index (κ2) is 7.20. The van der Waals surface area contributed by atoms with Gasteiger partial charge in [0.1, 0.15) is 17.3 Å². The average Bonchev–Trinajstić information content (AvgIpc) is 3.08. The number of ether oxygens (including phenoxy) is 1. The zero-order chi connectivity index (χ0) is 20.0. The monoisotopic (exact) mass is 395 g/mol. The van der Waals surface area contributed by atoms with Crippen LogP contribution in [0.2, 0.25) is 0 Å². The Morgan fingerprint density at radius 1 is 1.24 bits per heavy atom. The summed E-state index contributed by atoms with van der Waals surface area (Å²) in [4.78, 5) is 24.0. The molecule has 0 saturated carbocycles. The highest BCUT2D eigenvalue weighted by Gasteiger charge is 2.37. The number of piperidine rings is 1. The van der Waals surface area contributed by atoms with Crippen molar-refractivity contribution in [3.8, 4) is 5.82 Å². The molecule has 29 heavy (non-hydrogen) atoms. The van der Waals surface area contributed by atoms with Crippen LogP contribution < -0.4 is 5.32 Å².